The SMILES string of the molecule is CC(C)CC1CS/C(=C(/C#N)n2ccnc2)S1. The molecule has 0 N–H and O–H groups in total. The van der Waals surface area contributed by atoms with Crippen molar-refractivity contribution in [3.05, 3.63) is 23.0 Å². The van der Waals surface area contributed by atoms with Gasteiger partial charge in [0.2, 0.25) is 0 Å². The zero-order chi connectivity index (χ0) is 12.3. The topological polar surface area (TPSA) is 41.6 Å². The van der Waals surface area contributed by atoms with Crippen molar-refractivity contribution in [3.63, 3.8) is 0 Å². The lowest BCUT2D eigenvalue weighted by molar-refractivity contribution is 0.589. The van der Waals surface area contributed by atoms with Gasteiger partial charge in [-0.1, -0.05) is 13.8 Å². The minimum atomic E-state index is 0.641. The van der Waals surface area contributed by atoms with Crippen molar-refractivity contribution in [1.82, 2.24) is 9.55 Å². The number of nitrogens with zero attached hydrogens (tertiary/aromatic N) is 3. The first kappa shape index (κ1) is 12.6. The average Bonchev–Trinajstić information content (AvgIpc) is 2.90. The van der Waals surface area contributed by atoms with Crippen molar-refractivity contribution in [2.75, 3.05) is 5.75 Å². The number of hydrogen-bond acceptors (Lipinski definition) is 4. The van der Waals surface area contributed by atoms with Crippen LogP contribution in [0.3, 0.4) is 0 Å². The molecular weight excluding hydrogens is 250 g/mol. The largest absolute Gasteiger partial charge is 0.296 e. The minimum Gasteiger partial charge on any atom is -0.296 e. The van der Waals surface area contributed by atoms with Gasteiger partial charge in [-0.2, -0.15) is 5.26 Å². The van der Waals surface area contributed by atoms with E-state index < -0.39 is 0 Å². The quantitative estimate of drug-likeness (QED) is 0.785. The summed E-state index contributed by atoms with van der Waals surface area (Å²) >= 11 is 3.64. The van der Waals surface area contributed by atoms with Crippen LogP contribution >= 0.6 is 23.5 Å². The Balaban J connectivity index is 2.14. The van der Waals surface area contributed by atoms with Crippen LogP contribution in [0.1, 0.15) is 20.3 Å². The summed E-state index contributed by atoms with van der Waals surface area (Å²) in [5.74, 6) is 1.82. The third kappa shape index (κ3) is 3.08. The molecule has 90 valence electrons. The lowest BCUT2D eigenvalue weighted by Gasteiger charge is -2.09. The second-order valence-electron chi connectivity index (χ2n) is 4.40. The molecule has 0 bridgehead atoms. The molecule has 0 spiro atoms. The molecule has 17 heavy (non-hydrogen) atoms. The van der Waals surface area contributed by atoms with Gasteiger partial charge < -0.3 is 0 Å². The minimum absolute atomic E-state index is 0.641. The molecule has 0 saturated carbocycles. The zero-order valence-corrected chi connectivity index (χ0v) is 11.6. The molecular formula is C12H15N3S2. The molecule has 0 aromatic carbocycles. The predicted molar refractivity (Wildman–Crippen MR) is 74.3 cm³/mol. The van der Waals surface area contributed by atoms with Crippen LogP contribution in [0.2, 0.25) is 0 Å². The maximum absolute atomic E-state index is 9.24. The molecule has 1 atom stereocenters. The third-order valence-corrected chi connectivity index (χ3v) is 5.45. The van der Waals surface area contributed by atoms with Crippen LogP contribution in [-0.4, -0.2) is 20.6 Å². The van der Waals surface area contributed by atoms with E-state index in [1.807, 2.05) is 18.0 Å². The van der Waals surface area contributed by atoms with Crippen molar-refractivity contribution >= 4 is 29.2 Å². The van der Waals surface area contributed by atoms with E-state index in [2.05, 4.69) is 24.9 Å². The standard InChI is InChI=1S/C12H15N3S2/c1-9(2)5-10-7-16-12(17-10)11(6-13)15-4-3-14-8-15/h3-4,8-10H,5,7H2,1-2H3/b12-11+. The average molecular weight is 265 g/mol. The number of imidazole rings is 1. The molecule has 0 amide bonds. The Hall–Kier alpha value is -0.860. The van der Waals surface area contributed by atoms with Crippen LogP contribution in [0.4, 0.5) is 0 Å². The maximum atomic E-state index is 9.24. The van der Waals surface area contributed by atoms with Crippen LogP contribution in [0.5, 0.6) is 0 Å². The van der Waals surface area contributed by atoms with Gasteiger partial charge in [-0.25, -0.2) is 4.98 Å². The monoisotopic (exact) mass is 265 g/mol. The second-order valence-corrected chi connectivity index (χ2v) is 7.00. The smallest absolute Gasteiger partial charge is 0.145 e. The molecule has 2 heterocycles. The molecule has 3 nitrogen and oxygen atoms in total. The summed E-state index contributed by atoms with van der Waals surface area (Å²) in [6.45, 7) is 4.49. The van der Waals surface area contributed by atoms with E-state index in [0.29, 0.717) is 16.9 Å². The Morgan fingerprint density at radius 3 is 3.12 bits per heavy atom. The summed E-state index contributed by atoms with van der Waals surface area (Å²) in [6.07, 6.45) is 6.42. The first-order chi connectivity index (χ1) is 8.20. The second kappa shape index (κ2) is 5.65. The van der Waals surface area contributed by atoms with E-state index in [-0.39, 0.29) is 0 Å². The molecule has 1 unspecified atom stereocenters. The lowest BCUT2D eigenvalue weighted by Crippen LogP contribution is -2.04. The number of rotatable bonds is 3. The molecule has 1 aliphatic rings. The van der Waals surface area contributed by atoms with E-state index in [4.69, 9.17) is 0 Å². The van der Waals surface area contributed by atoms with Gasteiger partial charge in [-0.3, -0.25) is 4.57 Å². The third-order valence-electron chi connectivity index (χ3n) is 2.47. The van der Waals surface area contributed by atoms with Gasteiger partial charge in [-0.15, -0.1) is 23.5 Å². The highest BCUT2D eigenvalue weighted by Gasteiger charge is 2.25. The van der Waals surface area contributed by atoms with E-state index in [9.17, 15) is 5.26 Å². The summed E-state index contributed by atoms with van der Waals surface area (Å²) in [5, 5.41) is 9.88. The van der Waals surface area contributed by atoms with Crippen LogP contribution in [0.25, 0.3) is 5.70 Å². The summed E-state index contributed by atoms with van der Waals surface area (Å²) in [6, 6.07) is 2.28. The fraction of sp³-hybridized carbons (Fsp3) is 0.500. The van der Waals surface area contributed by atoms with Crippen molar-refractivity contribution in [3.8, 4) is 6.07 Å². The zero-order valence-electron chi connectivity index (χ0n) is 9.96. The molecule has 2 rings (SSSR count). The van der Waals surface area contributed by atoms with Gasteiger partial charge >= 0.3 is 0 Å². The summed E-state index contributed by atoms with van der Waals surface area (Å²) in [5.41, 5.74) is 0.712. The molecule has 1 saturated heterocycles. The molecule has 1 aromatic rings. The van der Waals surface area contributed by atoms with E-state index in [0.717, 1.165) is 9.99 Å². The van der Waals surface area contributed by atoms with Gasteiger partial charge in [0.05, 0.1) is 10.6 Å². The number of allylic oxidation sites excluding steroid dienone is 1. The van der Waals surface area contributed by atoms with E-state index in [1.165, 1.54) is 6.42 Å². The van der Waals surface area contributed by atoms with Crippen LogP contribution in [-0.2, 0) is 0 Å². The Kier molecular flexibility index (Phi) is 4.19. The molecule has 1 aromatic heterocycles. The summed E-state index contributed by atoms with van der Waals surface area (Å²) < 4.78 is 2.93. The van der Waals surface area contributed by atoms with Crippen LogP contribution in [0.15, 0.2) is 23.0 Å². The highest BCUT2D eigenvalue weighted by atomic mass is 32.2. The number of nitriles is 1. The Bertz CT molecular complexity index is 443. The van der Waals surface area contributed by atoms with Crippen molar-refractivity contribution in [2.45, 2.75) is 25.5 Å². The Morgan fingerprint density at radius 1 is 1.71 bits per heavy atom. The van der Waals surface area contributed by atoms with Gasteiger partial charge in [-0.05, 0) is 12.3 Å². The first-order valence-electron chi connectivity index (χ1n) is 5.63. The molecule has 0 radical (unpaired) electrons. The summed E-state index contributed by atoms with van der Waals surface area (Å²) in [7, 11) is 0. The molecule has 0 aliphatic carbocycles. The van der Waals surface area contributed by atoms with Gasteiger partial charge in [0, 0.05) is 23.4 Å². The first-order valence-corrected chi connectivity index (χ1v) is 7.49. The highest BCUT2D eigenvalue weighted by Crippen LogP contribution is 2.46. The lowest BCUT2D eigenvalue weighted by atomic mass is 10.1. The fourth-order valence-corrected chi connectivity index (χ4v) is 4.92. The summed E-state index contributed by atoms with van der Waals surface area (Å²) in [4.78, 5) is 3.99. The van der Waals surface area contributed by atoms with Crippen LogP contribution < -0.4 is 0 Å². The Labute approximate surface area is 110 Å². The normalized spacial score (nSPS) is 22.8. The van der Waals surface area contributed by atoms with Crippen molar-refractivity contribution < 1.29 is 0 Å². The molecule has 5 heteroatoms. The van der Waals surface area contributed by atoms with Gasteiger partial charge in [0.25, 0.3) is 0 Å². The van der Waals surface area contributed by atoms with Gasteiger partial charge in [0.15, 0.2) is 0 Å². The van der Waals surface area contributed by atoms with Crippen LogP contribution in [0, 0.1) is 17.2 Å². The Morgan fingerprint density at radius 2 is 2.53 bits per heavy atom. The van der Waals surface area contributed by atoms with E-state index >= 15 is 0 Å². The molecule has 1 aliphatic heterocycles. The highest BCUT2D eigenvalue weighted by molar-refractivity contribution is 8.25. The molecule has 1 fully saturated rings. The van der Waals surface area contributed by atoms with Crippen molar-refractivity contribution in [2.24, 2.45) is 5.92 Å². The van der Waals surface area contributed by atoms with Gasteiger partial charge in [0.1, 0.15) is 11.8 Å². The van der Waals surface area contributed by atoms with Crippen molar-refractivity contribution in [1.29, 1.82) is 5.26 Å². The number of hydrogen-bond donors (Lipinski definition) is 0. The predicted octanol–water partition coefficient (Wildman–Crippen LogP) is 3.43. The van der Waals surface area contributed by atoms with E-state index in [1.54, 1.807) is 28.9 Å². The maximum Gasteiger partial charge on any atom is 0.145 e. The fourth-order valence-electron chi connectivity index (χ4n) is 1.75. The number of aromatic nitrogens is 2. The number of thioether (sulfide) groups is 2.